The van der Waals surface area contributed by atoms with E-state index >= 15 is 0 Å². The van der Waals surface area contributed by atoms with Crippen molar-refractivity contribution in [3.63, 3.8) is 0 Å². The van der Waals surface area contributed by atoms with Crippen LogP contribution in [0.15, 0.2) is 0 Å². The molecule has 0 aromatic carbocycles. The van der Waals surface area contributed by atoms with Crippen LogP contribution in [-0.4, -0.2) is 18.6 Å². The van der Waals surface area contributed by atoms with Gasteiger partial charge in [0.05, 0.1) is 6.54 Å². The third-order valence-corrected chi connectivity index (χ3v) is 3.05. The maximum absolute atomic E-state index is 5.80. The van der Waals surface area contributed by atoms with Gasteiger partial charge in [-0.25, -0.2) is 0 Å². The second kappa shape index (κ2) is 3.69. The van der Waals surface area contributed by atoms with Crippen LogP contribution >= 0.6 is 0 Å². The van der Waals surface area contributed by atoms with Gasteiger partial charge in [-0.2, -0.15) is 0 Å². The molecule has 0 amide bonds. The Labute approximate surface area is 81.3 Å². The lowest BCUT2D eigenvalue weighted by atomic mass is 9.87. The van der Waals surface area contributed by atoms with Gasteiger partial charge in [0.2, 0.25) is 0 Å². The molecule has 1 fully saturated rings. The van der Waals surface area contributed by atoms with Crippen molar-refractivity contribution >= 4 is 0 Å². The minimum absolute atomic E-state index is 0.107. The van der Waals surface area contributed by atoms with Crippen LogP contribution < -0.4 is 11.1 Å². The molecular weight excluding hydrogens is 160 g/mol. The van der Waals surface area contributed by atoms with Crippen LogP contribution in [0.5, 0.6) is 0 Å². The highest BCUT2D eigenvalue weighted by Crippen LogP contribution is 2.42. The fourth-order valence-electron chi connectivity index (χ4n) is 2.31. The highest BCUT2D eigenvalue weighted by molar-refractivity contribution is 5.03. The number of hydrogen-bond donors (Lipinski definition) is 2. The first-order valence-electron chi connectivity index (χ1n) is 4.92. The molecule has 74 valence electrons. The summed E-state index contributed by atoms with van der Waals surface area (Å²) < 4.78 is 0. The first-order valence-corrected chi connectivity index (χ1v) is 4.92. The summed E-state index contributed by atoms with van der Waals surface area (Å²) in [6.45, 7) is 5.91. The molecule has 0 bridgehead atoms. The van der Waals surface area contributed by atoms with Crippen LogP contribution in [0.4, 0.5) is 0 Å². The molecule has 1 unspecified atom stereocenters. The van der Waals surface area contributed by atoms with Gasteiger partial charge in [0.15, 0.2) is 0 Å². The molecule has 13 heavy (non-hydrogen) atoms. The number of nitrogens with one attached hydrogen (secondary N) is 1. The van der Waals surface area contributed by atoms with Gasteiger partial charge in [-0.15, -0.1) is 6.42 Å². The lowest BCUT2D eigenvalue weighted by Gasteiger charge is -2.30. The van der Waals surface area contributed by atoms with Gasteiger partial charge in [0.1, 0.15) is 0 Å². The maximum Gasteiger partial charge on any atom is 0.0578 e. The van der Waals surface area contributed by atoms with Gasteiger partial charge in [0, 0.05) is 12.1 Å². The molecule has 2 nitrogen and oxygen atoms in total. The highest BCUT2D eigenvalue weighted by Gasteiger charge is 2.41. The van der Waals surface area contributed by atoms with Crippen molar-refractivity contribution in [2.75, 3.05) is 13.1 Å². The van der Waals surface area contributed by atoms with Crippen LogP contribution in [0.25, 0.3) is 0 Å². The van der Waals surface area contributed by atoms with Gasteiger partial charge < -0.3 is 5.73 Å². The zero-order chi connectivity index (χ0) is 9.95. The van der Waals surface area contributed by atoms with Gasteiger partial charge in [-0.3, -0.25) is 5.32 Å². The fraction of sp³-hybridized carbons (Fsp3) is 0.818. The van der Waals surface area contributed by atoms with Crippen molar-refractivity contribution in [3.8, 4) is 12.3 Å². The summed E-state index contributed by atoms with van der Waals surface area (Å²) in [5.74, 6) is 2.61. The largest absolute Gasteiger partial charge is 0.329 e. The molecule has 1 aliphatic rings. The van der Waals surface area contributed by atoms with Crippen molar-refractivity contribution in [1.82, 2.24) is 5.32 Å². The topological polar surface area (TPSA) is 38.0 Å². The molecule has 3 N–H and O–H groups in total. The quantitative estimate of drug-likeness (QED) is 0.639. The molecule has 0 aromatic heterocycles. The van der Waals surface area contributed by atoms with E-state index in [2.05, 4.69) is 25.1 Å². The summed E-state index contributed by atoms with van der Waals surface area (Å²) in [4.78, 5) is 0. The van der Waals surface area contributed by atoms with Crippen LogP contribution in [-0.2, 0) is 0 Å². The number of nitrogens with two attached hydrogens (primary N) is 1. The monoisotopic (exact) mass is 180 g/mol. The number of rotatable bonds is 3. The predicted octanol–water partition coefficient (Wildman–Crippen LogP) is 1.12. The average molecular weight is 180 g/mol. The van der Waals surface area contributed by atoms with E-state index in [1.807, 2.05) is 0 Å². The van der Waals surface area contributed by atoms with E-state index in [4.69, 9.17) is 12.2 Å². The van der Waals surface area contributed by atoms with Gasteiger partial charge in [0.25, 0.3) is 0 Å². The molecule has 1 aliphatic carbocycles. The van der Waals surface area contributed by atoms with Crippen LogP contribution in [0.1, 0.15) is 33.1 Å². The highest BCUT2D eigenvalue weighted by atomic mass is 15.0. The zero-order valence-corrected chi connectivity index (χ0v) is 8.69. The second-order valence-corrected chi connectivity index (χ2v) is 4.88. The molecule has 2 heteroatoms. The minimum Gasteiger partial charge on any atom is -0.329 e. The lowest BCUT2D eigenvalue weighted by Crippen LogP contribution is -2.49. The molecular formula is C11H20N2. The van der Waals surface area contributed by atoms with Crippen molar-refractivity contribution in [3.05, 3.63) is 0 Å². The predicted molar refractivity (Wildman–Crippen MR) is 56.3 cm³/mol. The van der Waals surface area contributed by atoms with E-state index < -0.39 is 0 Å². The Balaban J connectivity index is 2.58. The normalized spacial score (nSPS) is 31.5. The Morgan fingerprint density at radius 2 is 2.15 bits per heavy atom. The molecule has 1 rings (SSSR count). The Kier molecular flexibility index (Phi) is 3.00. The summed E-state index contributed by atoms with van der Waals surface area (Å²) in [6, 6.07) is 0. The summed E-state index contributed by atoms with van der Waals surface area (Å²) in [5.41, 5.74) is 6.32. The molecule has 0 aliphatic heterocycles. The average Bonchev–Trinajstić information content (AvgIpc) is 2.40. The molecule has 0 radical (unpaired) electrons. The molecule has 0 saturated heterocycles. The Morgan fingerprint density at radius 1 is 1.46 bits per heavy atom. The molecule has 0 aromatic rings. The minimum atomic E-state index is 0.107. The number of hydrogen-bond acceptors (Lipinski definition) is 2. The van der Waals surface area contributed by atoms with Gasteiger partial charge in [-0.1, -0.05) is 19.8 Å². The Bertz CT molecular complexity index is 215. The zero-order valence-electron chi connectivity index (χ0n) is 8.69. The number of terminal acetylenes is 1. The smallest absolute Gasteiger partial charge is 0.0578 e. The molecule has 1 saturated carbocycles. The van der Waals surface area contributed by atoms with Crippen molar-refractivity contribution in [1.29, 1.82) is 0 Å². The van der Waals surface area contributed by atoms with Crippen molar-refractivity contribution in [2.24, 2.45) is 11.1 Å². The summed E-state index contributed by atoms with van der Waals surface area (Å²) >= 11 is 0. The van der Waals surface area contributed by atoms with Crippen molar-refractivity contribution < 1.29 is 0 Å². The molecule has 0 heterocycles. The molecule has 1 atom stereocenters. The van der Waals surface area contributed by atoms with E-state index in [0.717, 1.165) is 12.8 Å². The first-order chi connectivity index (χ1) is 6.04. The summed E-state index contributed by atoms with van der Waals surface area (Å²) in [5, 5.41) is 3.39. The Hall–Kier alpha value is -0.520. The SMILES string of the molecule is C#CCNC1(CN)CCC(C)(C)C1. The van der Waals surface area contributed by atoms with Gasteiger partial charge in [-0.05, 0) is 24.7 Å². The van der Waals surface area contributed by atoms with Crippen LogP contribution in [0.2, 0.25) is 0 Å². The fourth-order valence-corrected chi connectivity index (χ4v) is 2.31. The maximum atomic E-state index is 5.80. The van der Waals surface area contributed by atoms with E-state index in [9.17, 15) is 0 Å². The second-order valence-electron chi connectivity index (χ2n) is 4.88. The summed E-state index contributed by atoms with van der Waals surface area (Å²) in [7, 11) is 0. The van der Waals surface area contributed by atoms with Crippen molar-refractivity contribution in [2.45, 2.75) is 38.6 Å². The third kappa shape index (κ3) is 2.46. The summed E-state index contributed by atoms with van der Waals surface area (Å²) in [6.07, 6.45) is 8.76. The Morgan fingerprint density at radius 3 is 2.54 bits per heavy atom. The van der Waals surface area contributed by atoms with E-state index in [1.54, 1.807) is 0 Å². The van der Waals surface area contributed by atoms with Gasteiger partial charge >= 0.3 is 0 Å². The standard InChI is InChI=1S/C11H20N2/c1-4-7-13-11(9-12)6-5-10(2,3)8-11/h1,13H,5-9,12H2,2-3H3. The first kappa shape index (κ1) is 10.6. The van der Waals surface area contributed by atoms with Crippen LogP contribution in [0, 0.1) is 17.8 Å². The van der Waals surface area contributed by atoms with E-state index in [0.29, 0.717) is 18.5 Å². The van der Waals surface area contributed by atoms with E-state index in [1.165, 1.54) is 6.42 Å². The third-order valence-electron chi connectivity index (χ3n) is 3.05. The van der Waals surface area contributed by atoms with Crippen LogP contribution in [0.3, 0.4) is 0 Å². The lowest BCUT2D eigenvalue weighted by molar-refractivity contribution is 0.300. The van der Waals surface area contributed by atoms with E-state index in [-0.39, 0.29) is 5.54 Å². The molecule has 0 spiro atoms.